The van der Waals surface area contributed by atoms with Crippen molar-refractivity contribution in [3.8, 4) is 0 Å². The third kappa shape index (κ3) is 7.97. The van der Waals surface area contributed by atoms with Crippen molar-refractivity contribution in [1.29, 1.82) is 0 Å². The van der Waals surface area contributed by atoms with Gasteiger partial charge in [-0.15, -0.1) is 0 Å². The average Bonchev–Trinajstić information content (AvgIpc) is 3.01. The zero-order chi connectivity index (χ0) is 13.4. The van der Waals surface area contributed by atoms with Crippen LogP contribution in [0.2, 0.25) is 0 Å². The molecular formula is C17H20FeO+2. The van der Waals surface area contributed by atoms with Crippen LogP contribution in [0.25, 0.3) is 0 Å². The van der Waals surface area contributed by atoms with Gasteiger partial charge in [-0.05, 0) is 77.2 Å². The van der Waals surface area contributed by atoms with Crippen LogP contribution in [0, 0.1) is 63.7 Å². The molecular weight excluding hydrogens is 276 g/mol. The molecule has 0 bridgehead atoms. The van der Waals surface area contributed by atoms with Crippen LogP contribution in [0.15, 0.2) is 23.8 Å². The number of rotatable bonds is 3. The predicted octanol–water partition coefficient (Wildman–Crippen LogP) is 3.29. The van der Waals surface area contributed by atoms with Crippen LogP contribution in [0.1, 0.15) is 13.8 Å². The van der Waals surface area contributed by atoms with E-state index in [1.807, 2.05) is 70.8 Å². The Morgan fingerprint density at radius 2 is 1.47 bits per heavy atom. The van der Waals surface area contributed by atoms with Crippen LogP contribution in [-0.4, -0.2) is 11.2 Å². The molecule has 1 unspecified atom stereocenters. The van der Waals surface area contributed by atoms with E-state index in [9.17, 15) is 5.11 Å². The molecule has 19 heavy (non-hydrogen) atoms. The summed E-state index contributed by atoms with van der Waals surface area (Å²) in [5.41, 5.74) is 1.81. The van der Waals surface area contributed by atoms with E-state index >= 15 is 0 Å². The number of allylic oxidation sites excluding steroid dienone is 1. The molecule has 2 fully saturated rings. The third-order valence-corrected chi connectivity index (χ3v) is 2.51. The van der Waals surface area contributed by atoms with Gasteiger partial charge in [0.15, 0.2) is 0 Å². The first-order valence-electron chi connectivity index (χ1n) is 6.05. The van der Waals surface area contributed by atoms with Gasteiger partial charge in [-0.3, -0.25) is 0 Å². The van der Waals surface area contributed by atoms with Gasteiger partial charge in [0.25, 0.3) is 0 Å². The molecule has 10 radical (unpaired) electrons. The minimum Gasteiger partial charge on any atom is -0.389 e. The van der Waals surface area contributed by atoms with Gasteiger partial charge in [0, 0.05) is 5.92 Å². The fraction of sp³-hybridized carbons (Fsp3) is 0.176. The number of hydrogen-bond donors (Lipinski definition) is 1. The van der Waals surface area contributed by atoms with E-state index in [0.717, 1.165) is 17.1 Å². The maximum atomic E-state index is 9.45. The Kier molecular flexibility index (Phi) is 10.7. The number of hydrogen-bond acceptors (Lipinski definition) is 1. The van der Waals surface area contributed by atoms with Crippen LogP contribution in [0.4, 0.5) is 0 Å². The standard InChI is InChI=1S/C12H15O.C5H5.Fe/c1-9(2)12(10(3)13)8-11-6-4-5-7-11;1-2-4-5-3-1;/h4-8,10,13H,1H2,2-3H3;1-5H;/q;;+2/b12-8+;;. The molecule has 0 amide bonds. The van der Waals surface area contributed by atoms with E-state index in [0.29, 0.717) is 0 Å². The van der Waals surface area contributed by atoms with E-state index in [4.69, 9.17) is 0 Å². The molecule has 2 aliphatic carbocycles. The van der Waals surface area contributed by atoms with E-state index in [1.54, 1.807) is 6.92 Å². The maximum absolute atomic E-state index is 9.45. The van der Waals surface area contributed by atoms with Crippen molar-refractivity contribution < 1.29 is 22.2 Å². The van der Waals surface area contributed by atoms with Crippen molar-refractivity contribution in [1.82, 2.24) is 0 Å². The smallest absolute Gasteiger partial charge is 0.389 e. The fourth-order valence-corrected chi connectivity index (χ4v) is 1.59. The predicted molar refractivity (Wildman–Crippen MR) is 76.5 cm³/mol. The van der Waals surface area contributed by atoms with Gasteiger partial charge in [0.05, 0.1) is 6.10 Å². The second kappa shape index (κ2) is 10.7. The Balaban J connectivity index is 0.000000454. The first kappa shape index (κ1) is 19.0. The van der Waals surface area contributed by atoms with Crippen LogP contribution in [0.5, 0.6) is 0 Å². The average molecular weight is 296 g/mol. The van der Waals surface area contributed by atoms with Gasteiger partial charge in [0.2, 0.25) is 0 Å². The SMILES string of the molecule is C=C(C)/C(=C\[C]1[CH][CH][CH][CH]1)C(C)O.[CH]1[CH][CH][CH][CH]1.[Fe+2]. The summed E-state index contributed by atoms with van der Waals surface area (Å²) in [7, 11) is 0. The Morgan fingerprint density at radius 1 is 1.05 bits per heavy atom. The summed E-state index contributed by atoms with van der Waals surface area (Å²) in [5, 5.41) is 9.45. The molecule has 0 heterocycles. The van der Waals surface area contributed by atoms with E-state index in [-0.39, 0.29) is 17.1 Å². The molecule has 0 aliphatic heterocycles. The fourth-order valence-electron chi connectivity index (χ4n) is 1.59. The Hall–Kier alpha value is -0.0405. The van der Waals surface area contributed by atoms with Gasteiger partial charge >= 0.3 is 17.1 Å². The molecule has 1 N–H and O–H groups in total. The normalized spacial score (nSPS) is 21.3. The molecule has 0 aromatic carbocycles. The van der Waals surface area contributed by atoms with E-state index in [2.05, 4.69) is 6.58 Å². The second-order valence-corrected chi connectivity index (χ2v) is 4.24. The largest absolute Gasteiger partial charge is 2.00 e. The van der Waals surface area contributed by atoms with E-state index in [1.165, 1.54) is 0 Å². The summed E-state index contributed by atoms with van der Waals surface area (Å²) < 4.78 is 0. The van der Waals surface area contributed by atoms with Crippen molar-refractivity contribution in [2.75, 3.05) is 0 Å². The summed E-state index contributed by atoms with van der Waals surface area (Å²) in [6.07, 6.45) is 19.5. The molecule has 0 aromatic heterocycles. The maximum Gasteiger partial charge on any atom is 2.00 e. The van der Waals surface area contributed by atoms with Crippen molar-refractivity contribution >= 4 is 0 Å². The molecule has 2 heteroatoms. The summed E-state index contributed by atoms with van der Waals surface area (Å²) in [5.74, 6) is 1.11. The zero-order valence-electron chi connectivity index (χ0n) is 11.4. The minimum absolute atomic E-state index is 0. The summed E-state index contributed by atoms with van der Waals surface area (Å²) in [6.45, 7) is 7.49. The molecule has 2 rings (SSSR count). The van der Waals surface area contributed by atoms with Gasteiger partial charge in [-0.2, -0.15) is 0 Å². The molecule has 100 valence electrons. The van der Waals surface area contributed by atoms with Crippen molar-refractivity contribution in [3.05, 3.63) is 87.5 Å². The van der Waals surface area contributed by atoms with Crippen LogP contribution in [0.3, 0.4) is 0 Å². The molecule has 0 aromatic rings. The Labute approximate surface area is 130 Å². The number of aliphatic hydroxyl groups is 1. The van der Waals surface area contributed by atoms with Crippen molar-refractivity contribution in [2.45, 2.75) is 20.0 Å². The van der Waals surface area contributed by atoms with Gasteiger partial charge in [-0.1, -0.05) is 18.2 Å². The first-order chi connectivity index (χ1) is 8.61. The zero-order valence-corrected chi connectivity index (χ0v) is 12.5. The molecule has 1 atom stereocenters. The van der Waals surface area contributed by atoms with Crippen LogP contribution >= 0.6 is 0 Å². The molecule has 1 nitrogen and oxygen atoms in total. The minimum atomic E-state index is -0.451. The molecule has 2 aliphatic rings. The van der Waals surface area contributed by atoms with Gasteiger partial charge in [0.1, 0.15) is 0 Å². The number of aliphatic hydroxyl groups excluding tert-OH is 1. The van der Waals surface area contributed by atoms with Crippen LogP contribution in [-0.2, 0) is 17.1 Å². The summed E-state index contributed by atoms with van der Waals surface area (Å²) >= 11 is 0. The summed E-state index contributed by atoms with van der Waals surface area (Å²) in [4.78, 5) is 0. The molecule has 2 saturated carbocycles. The second-order valence-electron chi connectivity index (χ2n) is 4.24. The Morgan fingerprint density at radius 3 is 1.79 bits per heavy atom. The molecule has 0 spiro atoms. The van der Waals surface area contributed by atoms with Crippen molar-refractivity contribution in [3.63, 3.8) is 0 Å². The van der Waals surface area contributed by atoms with Crippen LogP contribution < -0.4 is 0 Å². The topological polar surface area (TPSA) is 20.2 Å². The van der Waals surface area contributed by atoms with Gasteiger partial charge in [-0.25, -0.2) is 0 Å². The van der Waals surface area contributed by atoms with Gasteiger partial charge < -0.3 is 5.11 Å². The quantitative estimate of drug-likeness (QED) is 0.626. The third-order valence-electron chi connectivity index (χ3n) is 2.51. The first-order valence-corrected chi connectivity index (χ1v) is 6.05. The Bertz CT molecular complexity index is 263. The van der Waals surface area contributed by atoms with Crippen molar-refractivity contribution in [2.24, 2.45) is 0 Å². The van der Waals surface area contributed by atoms with E-state index < -0.39 is 6.10 Å². The molecule has 0 saturated heterocycles. The summed E-state index contributed by atoms with van der Waals surface area (Å²) in [6, 6.07) is 0. The monoisotopic (exact) mass is 296 g/mol.